The lowest BCUT2D eigenvalue weighted by Gasteiger charge is -1.97. The molecule has 0 atom stereocenters. The van der Waals surface area contributed by atoms with E-state index in [4.69, 9.17) is 5.73 Å². The zero-order valence-corrected chi connectivity index (χ0v) is 10.8. The summed E-state index contributed by atoms with van der Waals surface area (Å²) in [6.45, 7) is 2.84. The number of nitrogens with zero attached hydrogens (tertiary/aromatic N) is 2. The molecule has 0 unspecified atom stereocenters. The monoisotopic (exact) mass is 244 g/mol. The van der Waals surface area contributed by atoms with Crippen molar-refractivity contribution in [3.63, 3.8) is 0 Å². The minimum absolute atomic E-state index is 0.769. The number of aromatic nitrogens is 3. The molecule has 0 aliphatic rings. The number of aromatic amines is 1. The number of benzene rings is 1. The van der Waals surface area contributed by atoms with Crippen molar-refractivity contribution in [3.8, 4) is 11.4 Å². The van der Waals surface area contributed by atoms with Gasteiger partial charge in [-0.2, -0.15) is 5.10 Å². The van der Waals surface area contributed by atoms with Gasteiger partial charge >= 0.3 is 0 Å². The quantitative estimate of drug-likeness (QED) is 0.767. The van der Waals surface area contributed by atoms with Crippen LogP contribution in [0.2, 0.25) is 0 Å². The van der Waals surface area contributed by atoms with Crippen LogP contribution in [0.25, 0.3) is 11.4 Å². The molecule has 0 spiro atoms. The van der Waals surface area contributed by atoms with Crippen LogP contribution in [-0.2, 0) is 6.42 Å². The van der Waals surface area contributed by atoms with E-state index in [-0.39, 0.29) is 0 Å². The fourth-order valence-corrected chi connectivity index (χ4v) is 1.93. The Balaban J connectivity index is 1.97. The molecule has 4 nitrogen and oxygen atoms in total. The first-order valence-corrected chi connectivity index (χ1v) is 6.48. The number of unbranched alkanes of at least 4 members (excludes halogenated alkanes) is 2. The molecule has 96 valence electrons. The van der Waals surface area contributed by atoms with E-state index in [1.807, 2.05) is 12.1 Å². The summed E-state index contributed by atoms with van der Waals surface area (Å²) in [5.41, 5.74) is 7.76. The molecule has 18 heavy (non-hydrogen) atoms. The van der Waals surface area contributed by atoms with Gasteiger partial charge in [-0.1, -0.05) is 30.2 Å². The maximum atomic E-state index is 5.47. The maximum Gasteiger partial charge on any atom is 0.181 e. The van der Waals surface area contributed by atoms with E-state index in [2.05, 4.69) is 34.2 Å². The van der Waals surface area contributed by atoms with E-state index in [0.717, 1.165) is 49.4 Å². The Morgan fingerprint density at radius 3 is 2.89 bits per heavy atom. The van der Waals surface area contributed by atoms with Crippen molar-refractivity contribution in [3.05, 3.63) is 35.7 Å². The van der Waals surface area contributed by atoms with Crippen LogP contribution >= 0.6 is 0 Å². The average Bonchev–Trinajstić information content (AvgIpc) is 2.83. The van der Waals surface area contributed by atoms with Gasteiger partial charge in [0, 0.05) is 12.0 Å². The number of hydrogen-bond acceptors (Lipinski definition) is 3. The molecule has 0 saturated heterocycles. The van der Waals surface area contributed by atoms with E-state index in [0.29, 0.717) is 0 Å². The Labute approximate surface area is 108 Å². The van der Waals surface area contributed by atoms with Crippen molar-refractivity contribution in [2.24, 2.45) is 5.73 Å². The predicted octanol–water partition coefficient (Wildman–Crippen LogP) is 2.45. The van der Waals surface area contributed by atoms with Crippen LogP contribution in [0, 0.1) is 6.92 Å². The molecule has 0 bridgehead atoms. The molecule has 0 saturated carbocycles. The van der Waals surface area contributed by atoms with Crippen molar-refractivity contribution >= 4 is 0 Å². The molecule has 2 rings (SSSR count). The average molecular weight is 244 g/mol. The van der Waals surface area contributed by atoms with Crippen LogP contribution in [0.5, 0.6) is 0 Å². The molecule has 3 N–H and O–H groups in total. The lowest BCUT2D eigenvalue weighted by atomic mass is 10.1. The standard InChI is InChI=1S/C14H20N4/c1-11-6-5-7-12(10-11)14-16-13(17-18-14)8-3-2-4-9-15/h5-7,10H,2-4,8-9,15H2,1H3,(H,16,17,18). The van der Waals surface area contributed by atoms with Gasteiger partial charge in [-0.25, -0.2) is 4.98 Å². The Bertz CT molecular complexity index is 490. The van der Waals surface area contributed by atoms with Gasteiger partial charge in [0.1, 0.15) is 5.82 Å². The predicted molar refractivity (Wildman–Crippen MR) is 73.2 cm³/mol. The third-order valence-electron chi connectivity index (χ3n) is 2.93. The Morgan fingerprint density at radius 1 is 1.22 bits per heavy atom. The van der Waals surface area contributed by atoms with Gasteiger partial charge in [0.05, 0.1) is 0 Å². The maximum absolute atomic E-state index is 5.47. The van der Waals surface area contributed by atoms with Gasteiger partial charge in [-0.05, 0) is 32.4 Å². The van der Waals surface area contributed by atoms with Gasteiger partial charge in [-0.15, -0.1) is 0 Å². The van der Waals surface area contributed by atoms with Crippen molar-refractivity contribution < 1.29 is 0 Å². The molecule has 1 aromatic carbocycles. The summed E-state index contributed by atoms with van der Waals surface area (Å²) in [6.07, 6.45) is 4.29. The topological polar surface area (TPSA) is 67.6 Å². The number of H-pyrrole nitrogens is 1. The second kappa shape index (κ2) is 6.31. The number of nitrogens with two attached hydrogens (primary N) is 1. The molecular weight excluding hydrogens is 224 g/mol. The van der Waals surface area contributed by atoms with Crippen LogP contribution in [0.4, 0.5) is 0 Å². The van der Waals surface area contributed by atoms with Gasteiger partial charge in [0.2, 0.25) is 0 Å². The van der Waals surface area contributed by atoms with Crippen molar-refractivity contribution in [2.75, 3.05) is 6.54 Å². The molecule has 1 aromatic heterocycles. The smallest absolute Gasteiger partial charge is 0.181 e. The normalized spacial score (nSPS) is 10.8. The SMILES string of the molecule is Cc1cccc(-c2n[nH]c(CCCCCN)n2)c1. The first-order chi connectivity index (χ1) is 8.79. The van der Waals surface area contributed by atoms with E-state index >= 15 is 0 Å². The molecule has 1 heterocycles. The fraction of sp³-hybridized carbons (Fsp3) is 0.429. The Kier molecular flexibility index (Phi) is 4.47. The highest BCUT2D eigenvalue weighted by Crippen LogP contribution is 2.16. The minimum Gasteiger partial charge on any atom is -0.330 e. The summed E-state index contributed by atoms with van der Waals surface area (Å²) in [5.74, 6) is 1.75. The Morgan fingerprint density at radius 2 is 2.11 bits per heavy atom. The lowest BCUT2D eigenvalue weighted by molar-refractivity contribution is 0.670. The molecule has 0 amide bonds. The Hall–Kier alpha value is -1.68. The minimum atomic E-state index is 0.769. The van der Waals surface area contributed by atoms with Gasteiger partial charge in [0.25, 0.3) is 0 Å². The highest BCUT2D eigenvalue weighted by Gasteiger charge is 2.05. The number of nitrogens with one attached hydrogen (secondary N) is 1. The van der Waals surface area contributed by atoms with E-state index in [1.54, 1.807) is 0 Å². The highest BCUT2D eigenvalue weighted by molar-refractivity contribution is 5.55. The molecule has 0 fully saturated rings. The van der Waals surface area contributed by atoms with E-state index in [9.17, 15) is 0 Å². The zero-order chi connectivity index (χ0) is 12.8. The number of hydrogen-bond donors (Lipinski definition) is 2. The summed E-state index contributed by atoms with van der Waals surface area (Å²) in [6, 6.07) is 8.24. The van der Waals surface area contributed by atoms with Crippen molar-refractivity contribution in [1.82, 2.24) is 15.2 Å². The largest absolute Gasteiger partial charge is 0.330 e. The molecular formula is C14H20N4. The van der Waals surface area contributed by atoms with Gasteiger partial charge < -0.3 is 5.73 Å². The van der Waals surface area contributed by atoms with Crippen LogP contribution in [-0.4, -0.2) is 21.7 Å². The van der Waals surface area contributed by atoms with Crippen molar-refractivity contribution in [2.45, 2.75) is 32.6 Å². The summed E-state index contributed by atoms with van der Waals surface area (Å²) in [5, 5.41) is 7.27. The summed E-state index contributed by atoms with van der Waals surface area (Å²) >= 11 is 0. The number of rotatable bonds is 6. The molecule has 2 aromatic rings. The summed E-state index contributed by atoms with van der Waals surface area (Å²) < 4.78 is 0. The second-order valence-corrected chi connectivity index (χ2v) is 4.57. The third-order valence-corrected chi connectivity index (χ3v) is 2.93. The van der Waals surface area contributed by atoms with Crippen molar-refractivity contribution in [1.29, 1.82) is 0 Å². The molecule has 0 radical (unpaired) electrons. The highest BCUT2D eigenvalue weighted by atomic mass is 15.2. The summed E-state index contributed by atoms with van der Waals surface area (Å²) in [4.78, 5) is 4.52. The second-order valence-electron chi connectivity index (χ2n) is 4.57. The van der Waals surface area contributed by atoms with E-state index < -0.39 is 0 Å². The first kappa shape index (κ1) is 12.8. The summed E-state index contributed by atoms with van der Waals surface area (Å²) in [7, 11) is 0. The van der Waals surface area contributed by atoms with Crippen LogP contribution in [0.15, 0.2) is 24.3 Å². The van der Waals surface area contributed by atoms with Gasteiger partial charge in [0.15, 0.2) is 5.82 Å². The first-order valence-electron chi connectivity index (χ1n) is 6.48. The number of aryl methyl sites for hydroxylation is 2. The molecule has 0 aliphatic carbocycles. The van der Waals surface area contributed by atoms with Crippen LogP contribution in [0.1, 0.15) is 30.7 Å². The van der Waals surface area contributed by atoms with Crippen LogP contribution < -0.4 is 5.73 Å². The molecule has 0 aliphatic heterocycles. The van der Waals surface area contributed by atoms with Crippen LogP contribution in [0.3, 0.4) is 0 Å². The fourth-order valence-electron chi connectivity index (χ4n) is 1.93. The van der Waals surface area contributed by atoms with E-state index in [1.165, 1.54) is 5.56 Å². The van der Waals surface area contributed by atoms with Gasteiger partial charge in [-0.3, -0.25) is 5.10 Å². The lowest BCUT2D eigenvalue weighted by Crippen LogP contribution is -1.98. The molecule has 4 heteroatoms. The zero-order valence-electron chi connectivity index (χ0n) is 10.8. The third kappa shape index (κ3) is 3.40.